The molecule has 194 valence electrons. The van der Waals surface area contributed by atoms with Crippen LogP contribution in [-0.4, -0.2) is 59.6 Å². The molecule has 0 heterocycles. The molecule has 1 aromatic rings. The van der Waals surface area contributed by atoms with Gasteiger partial charge in [0.2, 0.25) is 11.8 Å². The third-order valence-electron chi connectivity index (χ3n) is 5.64. The van der Waals surface area contributed by atoms with E-state index in [9.17, 15) is 19.2 Å². The highest BCUT2D eigenvalue weighted by Gasteiger charge is 2.40. The molecule has 35 heavy (non-hydrogen) atoms. The predicted molar refractivity (Wildman–Crippen MR) is 131 cm³/mol. The van der Waals surface area contributed by atoms with Crippen molar-refractivity contribution in [2.24, 2.45) is 0 Å². The molecule has 1 aliphatic carbocycles. The molecule has 0 spiro atoms. The fourth-order valence-electron chi connectivity index (χ4n) is 3.85. The Bertz CT molecular complexity index is 907. The van der Waals surface area contributed by atoms with Gasteiger partial charge in [-0.1, -0.05) is 29.8 Å². The minimum absolute atomic E-state index is 0.0358. The van der Waals surface area contributed by atoms with Gasteiger partial charge in [-0.3, -0.25) is 14.4 Å². The smallest absolute Gasteiger partial charge is 0.408 e. The maximum Gasteiger partial charge on any atom is 0.408 e. The Labute approximate surface area is 207 Å². The van der Waals surface area contributed by atoms with Crippen molar-refractivity contribution < 1.29 is 28.7 Å². The maximum atomic E-state index is 13.7. The average molecular weight is 490 g/mol. The monoisotopic (exact) mass is 489 g/mol. The van der Waals surface area contributed by atoms with Crippen LogP contribution in [0.3, 0.4) is 0 Å². The number of esters is 1. The van der Waals surface area contributed by atoms with Crippen LogP contribution in [-0.2, 0) is 23.9 Å². The van der Waals surface area contributed by atoms with Gasteiger partial charge in [0.05, 0.1) is 13.0 Å². The number of alkyl carbamates (subject to hydrolysis) is 1. The summed E-state index contributed by atoms with van der Waals surface area (Å²) in [5.74, 6) is -1.15. The largest absolute Gasteiger partial charge is 0.466 e. The van der Waals surface area contributed by atoms with E-state index in [-0.39, 0.29) is 37.4 Å². The molecular formula is C26H39N3O6. The highest BCUT2D eigenvalue weighted by molar-refractivity contribution is 5.92. The second kappa shape index (κ2) is 12.6. The first-order chi connectivity index (χ1) is 16.4. The number of carbonyl (C=O) groups is 4. The third kappa shape index (κ3) is 8.56. The lowest BCUT2D eigenvalue weighted by Gasteiger charge is -2.43. The molecule has 9 heteroatoms. The fraction of sp³-hybridized carbons (Fsp3) is 0.615. The molecule has 0 radical (unpaired) electrons. The van der Waals surface area contributed by atoms with Crippen LogP contribution in [0.5, 0.6) is 0 Å². The van der Waals surface area contributed by atoms with Crippen molar-refractivity contribution in [1.29, 1.82) is 0 Å². The van der Waals surface area contributed by atoms with Gasteiger partial charge in [-0.05, 0) is 66.4 Å². The molecule has 1 aliphatic rings. The molecule has 2 N–H and O–H groups in total. The van der Waals surface area contributed by atoms with Gasteiger partial charge in [0, 0.05) is 12.6 Å². The third-order valence-corrected chi connectivity index (χ3v) is 5.64. The molecule has 1 saturated carbocycles. The van der Waals surface area contributed by atoms with E-state index in [2.05, 4.69) is 10.6 Å². The summed E-state index contributed by atoms with van der Waals surface area (Å²) in [5, 5.41) is 5.40. The Kier molecular flexibility index (Phi) is 10.1. The highest BCUT2D eigenvalue weighted by atomic mass is 16.6. The Morgan fingerprint density at radius 3 is 2.40 bits per heavy atom. The van der Waals surface area contributed by atoms with Gasteiger partial charge in [0.1, 0.15) is 17.7 Å². The second-order valence-electron chi connectivity index (χ2n) is 9.86. The van der Waals surface area contributed by atoms with Crippen molar-refractivity contribution in [2.75, 3.05) is 13.2 Å². The van der Waals surface area contributed by atoms with Crippen LogP contribution in [0, 0.1) is 6.92 Å². The number of hydrogen-bond acceptors (Lipinski definition) is 6. The Morgan fingerprint density at radius 1 is 1.17 bits per heavy atom. The fourth-order valence-corrected chi connectivity index (χ4v) is 3.85. The summed E-state index contributed by atoms with van der Waals surface area (Å²) in [7, 11) is 0. The van der Waals surface area contributed by atoms with Crippen LogP contribution in [0.2, 0.25) is 0 Å². The van der Waals surface area contributed by atoms with Gasteiger partial charge in [0.15, 0.2) is 0 Å². The van der Waals surface area contributed by atoms with Gasteiger partial charge in [-0.2, -0.15) is 0 Å². The lowest BCUT2D eigenvalue weighted by molar-refractivity contribution is -0.147. The number of hydrogen-bond donors (Lipinski definition) is 2. The standard InChI is InChI=1S/C26H39N3O6/c1-7-34-21(30)14-15-27-23(31)22(19-11-8-10-17(2)16-19)29(20-12-9-13-20)24(32)18(3)28-25(33)35-26(4,5)6/h8,10-11,16,18,20,22H,7,9,12-15H2,1-6H3,(H,27,31)(H,28,33). The number of aryl methyl sites for hydroxylation is 1. The summed E-state index contributed by atoms with van der Waals surface area (Å²) in [6.45, 7) is 10.8. The molecule has 2 rings (SSSR count). The zero-order valence-corrected chi connectivity index (χ0v) is 21.7. The summed E-state index contributed by atoms with van der Waals surface area (Å²) in [5.41, 5.74) is 0.916. The minimum atomic E-state index is -0.905. The van der Waals surface area contributed by atoms with E-state index in [1.165, 1.54) is 0 Å². The van der Waals surface area contributed by atoms with Gasteiger partial charge in [-0.15, -0.1) is 0 Å². The predicted octanol–water partition coefficient (Wildman–Crippen LogP) is 3.40. The minimum Gasteiger partial charge on any atom is -0.466 e. The molecule has 2 unspecified atom stereocenters. The van der Waals surface area contributed by atoms with Crippen molar-refractivity contribution in [2.45, 2.75) is 91.0 Å². The van der Waals surface area contributed by atoms with E-state index in [4.69, 9.17) is 9.47 Å². The van der Waals surface area contributed by atoms with Crippen LogP contribution in [0.25, 0.3) is 0 Å². The highest BCUT2D eigenvalue weighted by Crippen LogP contribution is 2.34. The van der Waals surface area contributed by atoms with E-state index in [0.29, 0.717) is 5.56 Å². The molecular weight excluding hydrogens is 450 g/mol. The molecule has 0 aliphatic heterocycles. The number of nitrogens with one attached hydrogen (secondary N) is 2. The van der Waals surface area contributed by atoms with Crippen molar-refractivity contribution in [3.63, 3.8) is 0 Å². The molecule has 0 aromatic heterocycles. The van der Waals surface area contributed by atoms with Crippen molar-refractivity contribution >= 4 is 23.9 Å². The summed E-state index contributed by atoms with van der Waals surface area (Å²) < 4.78 is 10.2. The van der Waals surface area contributed by atoms with E-state index >= 15 is 0 Å². The molecule has 1 fully saturated rings. The zero-order valence-electron chi connectivity index (χ0n) is 21.7. The Hall–Kier alpha value is -3.10. The van der Waals surface area contributed by atoms with Crippen molar-refractivity contribution in [1.82, 2.24) is 15.5 Å². The molecule has 0 saturated heterocycles. The summed E-state index contributed by atoms with van der Waals surface area (Å²) >= 11 is 0. The summed E-state index contributed by atoms with van der Waals surface area (Å²) in [6, 6.07) is 5.51. The van der Waals surface area contributed by atoms with Crippen LogP contribution in [0.1, 0.15) is 77.5 Å². The normalized spacial score (nSPS) is 15.3. The lowest BCUT2D eigenvalue weighted by Crippen LogP contribution is -2.56. The summed E-state index contributed by atoms with van der Waals surface area (Å²) in [6.07, 6.45) is 1.83. The molecule has 9 nitrogen and oxygen atoms in total. The average Bonchev–Trinajstić information content (AvgIpc) is 2.70. The van der Waals surface area contributed by atoms with E-state index in [0.717, 1.165) is 24.8 Å². The summed E-state index contributed by atoms with van der Waals surface area (Å²) in [4.78, 5) is 52.7. The van der Waals surface area contributed by atoms with Crippen LogP contribution in [0.15, 0.2) is 24.3 Å². The number of benzene rings is 1. The lowest BCUT2D eigenvalue weighted by atomic mass is 9.88. The van der Waals surface area contributed by atoms with Gasteiger partial charge in [-0.25, -0.2) is 4.79 Å². The van der Waals surface area contributed by atoms with Crippen molar-refractivity contribution in [3.8, 4) is 0 Å². The molecule has 3 amide bonds. The number of nitrogens with zero attached hydrogens (tertiary/aromatic N) is 1. The molecule has 0 bridgehead atoms. The van der Waals surface area contributed by atoms with Gasteiger partial charge in [0.25, 0.3) is 0 Å². The number of amides is 3. The van der Waals surface area contributed by atoms with E-state index in [1.54, 1.807) is 39.5 Å². The van der Waals surface area contributed by atoms with Gasteiger partial charge < -0.3 is 25.0 Å². The van der Waals surface area contributed by atoms with Crippen LogP contribution in [0.4, 0.5) is 4.79 Å². The van der Waals surface area contributed by atoms with Crippen LogP contribution < -0.4 is 10.6 Å². The number of carbonyl (C=O) groups excluding carboxylic acids is 4. The topological polar surface area (TPSA) is 114 Å². The Balaban J connectivity index is 2.29. The quantitative estimate of drug-likeness (QED) is 0.487. The first-order valence-corrected chi connectivity index (χ1v) is 12.2. The van der Waals surface area contributed by atoms with E-state index < -0.39 is 29.7 Å². The SMILES string of the molecule is CCOC(=O)CCNC(=O)C(c1cccc(C)c1)N(C(=O)C(C)NC(=O)OC(C)(C)C)C1CCC1. The maximum absolute atomic E-state index is 13.7. The zero-order chi connectivity index (χ0) is 26.2. The number of ether oxygens (including phenoxy) is 2. The first kappa shape index (κ1) is 28.1. The van der Waals surface area contributed by atoms with Crippen LogP contribution >= 0.6 is 0 Å². The second-order valence-corrected chi connectivity index (χ2v) is 9.86. The Morgan fingerprint density at radius 2 is 1.86 bits per heavy atom. The molecule has 1 aromatic carbocycles. The van der Waals surface area contributed by atoms with Gasteiger partial charge >= 0.3 is 12.1 Å². The van der Waals surface area contributed by atoms with Crippen molar-refractivity contribution in [3.05, 3.63) is 35.4 Å². The first-order valence-electron chi connectivity index (χ1n) is 12.2. The molecule has 2 atom stereocenters. The number of rotatable bonds is 10. The van der Waals surface area contributed by atoms with E-state index in [1.807, 2.05) is 31.2 Å².